The van der Waals surface area contributed by atoms with Crippen LogP contribution in [0.1, 0.15) is 36.4 Å². The lowest BCUT2D eigenvalue weighted by atomic mass is 9.94. The Bertz CT molecular complexity index is 503. The zero-order chi connectivity index (χ0) is 14.1. The van der Waals surface area contributed by atoms with Gasteiger partial charge in [-0.15, -0.1) is 0 Å². The van der Waals surface area contributed by atoms with Crippen LogP contribution in [0.3, 0.4) is 0 Å². The van der Waals surface area contributed by atoms with E-state index in [0.29, 0.717) is 18.9 Å². The van der Waals surface area contributed by atoms with Gasteiger partial charge in [0.1, 0.15) is 0 Å². The standard InChI is InChI=1S/C16H22N2O2/c17-9-11-5-3-7-13(11)16(20)18-15-12-6-2-1-4-10(12)8-14(15)19/h1-2,4,6,11,13-15,19H,3,5,7-9,17H2,(H,18,20)/t11?,13?,14-,15+/m1/s1. The van der Waals surface area contributed by atoms with Crippen LogP contribution in [-0.2, 0) is 11.2 Å². The highest BCUT2D eigenvalue weighted by Gasteiger charge is 2.37. The van der Waals surface area contributed by atoms with Gasteiger partial charge in [-0.2, -0.15) is 0 Å². The normalized spacial score (nSPS) is 32.1. The fourth-order valence-electron chi connectivity index (χ4n) is 3.67. The van der Waals surface area contributed by atoms with Crippen molar-refractivity contribution in [1.29, 1.82) is 0 Å². The maximum absolute atomic E-state index is 12.4. The third-order valence-corrected chi connectivity index (χ3v) is 4.80. The van der Waals surface area contributed by atoms with Crippen LogP contribution in [0.2, 0.25) is 0 Å². The highest BCUT2D eigenvalue weighted by atomic mass is 16.3. The van der Waals surface area contributed by atoms with Gasteiger partial charge in [-0.05, 0) is 36.4 Å². The number of carbonyl (C=O) groups is 1. The molecule has 2 unspecified atom stereocenters. The summed E-state index contributed by atoms with van der Waals surface area (Å²) in [6.07, 6.45) is 3.13. The average Bonchev–Trinajstić information content (AvgIpc) is 3.04. The lowest BCUT2D eigenvalue weighted by molar-refractivity contribution is -0.127. The molecule has 4 heteroatoms. The van der Waals surface area contributed by atoms with Crippen LogP contribution < -0.4 is 11.1 Å². The number of fused-ring (bicyclic) bond motifs is 1. The van der Waals surface area contributed by atoms with Crippen molar-refractivity contribution in [3.8, 4) is 0 Å². The molecule has 1 amide bonds. The summed E-state index contributed by atoms with van der Waals surface area (Å²) in [6.45, 7) is 0.571. The monoisotopic (exact) mass is 274 g/mol. The topological polar surface area (TPSA) is 75.4 Å². The molecule has 1 fully saturated rings. The third kappa shape index (κ3) is 2.34. The maximum atomic E-state index is 12.4. The molecule has 4 nitrogen and oxygen atoms in total. The lowest BCUT2D eigenvalue weighted by Gasteiger charge is -2.23. The van der Waals surface area contributed by atoms with Crippen LogP contribution >= 0.6 is 0 Å². The first kappa shape index (κ1) is 13.6. The molecule has 0 heterocycles. The summed E-state index contributed by atoms with van der Waals surface area (Å²) in [6, 6.07) is 7.66. The molecule has 0 aromatic heterocycles. The van der Waals surface area contributed by atoms with E-state index in [9.17, 15) is 9.90 Å². The molecule has 0 bridgehead atoms. The van der Waals surface area contributed by atoms with Crippen LogP contribution in [0.5, 0.6) is 0 Å². The van der Waals surface area contributed by atoms with Crippen molar-refractivity contribution < 1.29 is 9.90 Å². The Morgan fingerprint density at radius 1 is 1.35 bits per heavy atom. The Labute approximate surface area is 119 Å². The predicted molar refractivity (Wildman–Crippen MR) is 76.9 cm³/mol. The highest BCUT2D eigenvalue weighted by Crippen LogP contribution is 2.34. The van der Waals surface area contributed by atoms with E-state index in [1.165, 1.54) is 0 Å². The molecule has 0 radical (unpaired) electrons. The fraction of sp³-hybridized carbons (Fsp3) is 0.562. The van der Waals surface area contributed by atoms with Crippen molar-refractivity contribution in [2.45, 2.75) is 37.8 Å². The van der Waals surface area contributed by atoms with E-state index in [0.717, 1.165) is 30.4 Å². The van der Waals surface area contributed by atoms with Gasteiger partial charge in [0, 0.05) is 12.3 Å². The van der Waals surface area contributed by atoms with Gasteiger partial charge in [0.05, 0.1) is 12.1 Å². The number of nitrogens with one attached hydrogen (secondary N) is 1. The summed E-state index contributed by atoms with van der Waals surface area (Å²) in [7, 11) is 0. The zero-order valence-electron chi connectivity index (χ0n) is 11.6. The number of carbonyl (C=O) groups excluding carboxylic acids is 1. The smallest absolute Gasteiger partial charge is 0.224 e. The molecular weight excluding hydrogens is 252 g/mol. The predicted octanol–water partition coefficient (Wildman–Crippen LogP) is 1.14. The summed E-state index contributed by atoms with van der Waals surface area (Å²) >= 11 is 0. The largest absolute Gasteiger partial charge is 0.390 e. The maximum Gasteiger partial charge on any atom is 0.224 e. The van der Waals surface area contributed by atoms with E-state index in [1.54, 1.807) is 0 Å². The number of hydrogen-bond donors (Lipinski definition) is 3. The molecule has 2 aliphatic carbocycles. The van der Waals surface area contributed by atoms with Gasteiger partial charge >= 0.3 is 0 Å². The molecule has 3 rings (SSSR count). The van der Waals surface area contributed by atoms with Crippen molar-refractivity contribution in [2.24, 2.45) is 17.6 Å². The Balaban J connectivity index is 1.73. The summed E-state index contributed by atoms with van der Waals surface area (Å²) in [5, 5.41) is 13.2. The number of hydrogen-bond acceptors (Lipinski definition) is 3. The number of amides is 1. The Hall–Kier alpha value is -1.39. The number of aliphatic hydroxyl groups is 1. The van der Waals surface area contributed by atoms with E-state index in [2.05, 4.69) is 5.32 Å². The number of nitrogens with two attached hydrogens (primary N) is 1. The van der Waals surface area contributed by atoms with Gasteiger partial charge in [0.2, 0.25) is 5.91 Å². The van der Waals surface area contributed by atoms with Crippen molar-refractivity contribution >= 4 is 5.91 Å². The molecule has 4 N–H and O–H groups in total. The van der Waals surface area contributed by atoms with Crippen LogP contribution in [0.15, 0.2) is 24.3 Å². The van der Waals surface area contributed by atoms with Gasteiger partial charge < -0.3 is 16.2 Å². The van der Waals surface area contributed by atoms with Gasteiger partial charge in [-0.1, -0.05) is 30.7 Å². The SMILES string of the molecule is NCC1CCCC1C(=O)N[C@H]1c2ccccc2C[C@H]1O. The second-order valence-electron chi connectivity index (χ2n) is 5.99. The minimum atomic E-state index is -0.519. The summed E-state index contributed by atoms with van der Waals surface area (Å²) < 4.78 is 0. The molecule has 2 aliphatic rings. The summed E-state index contributed by atoms with van der Waals surface area (Å²) in [5.74, 6) is 0.363. The van der Waals surface area contributed by atoms with Gasteiger partial charge in [0.15, 0.2) is 0 Å². The van der Waals surface area contributed by atoms with Crippen molar-refractivity contribution in [3.05, 3.63) is 35.4 Å². The molecular formula is C16H22N2O2. The zero-order valence-corrected chi connectivity index (χ0v) is 11.6. The minimum Gasteiger partial charge on any atom is -0.390 e. The molecule has 1 aromatic rings. The molecule has 1 aromatic carbocycles. The van der Waals surface area contributed by atoms with Gasteiger partial charge in [-0.3, -0.25) is 4.79 Å². The van der Waals surface area contributed by atoms with E-state index < -0.39 is 6.10 Å². The first-order chi connectivity index (χ1) is 9.70. The number of aliphatic hydroxyl groups excluding tert-OH is 1. The van der Waals surface area contributed by atoms with Crippen LogP contribution in [-0.4, -0.2) is 23.7 Å². The molecule has 1 saturated carbocycles. The lowest BCUT2D eigenvalue weighted by Crippen LogP contribution is -2.40. The highest BCUT2D eigenvalue weighted by molar-refractivity contribution is 5.80. The quantitative estimate of drug-likeness (QED) is 0.773. The molecule has 0 spiro atoms. The number of benzene rings is 1. The average molecular weight is 274 g/mol. The first-order valence-corrected chi connectivity index (χ1v) is 7.47. The molecule has 20 heavy (non-hydrogen) atoms. The fourth-order valence-corrected chi connectivity index (χ4v) is 3.67. The summed E-state index contributed by atoms with van der Waals surface area (Å²) in [5.41, 5.74) is 7.93. The summed E-state index contributed by atoms with van der Waals surface area (Å²) in [4.78, 5) is 12.4. The van der Waals surface area contributed by atoms with E-state index in [-0.39, 0.29) is 17.9 Å². The third-order valence-electron chi connectivity index (χ3n) is 4.80. The Morgan fingerprint density at radius 2 is 2.15 bits per heavy atom. The van der Waals surface area contributed by atoms with Crippen molar-refractivity contribution in [3.63, 3.8) is 0 Å². The Kier molecular flexibility index (Phi) is 3.76. The Morgan fingerprint density at radius 3 is 2.95 bits per heavy atom. The van der Waals surface area contributed by atoms with Crippen LogP contribution in [0, 0.1) is 11.8 Å². The second kappa shape index (κ2) is 5.54. The molecule has 0 saturated heterocycles. The van der Waals surface area contributed by atoms with E-state index >= 15 is 0 Å². The van der Waals surface area contributed by atoms with Crippen molar-refractivity contribution in [1.82, 2.24) is 5.32 Å². The van der Waals surface area contributed by atoms with E-state index in [4.69, 9.17) is 5.73 Å². The number of rotatable bonds is 3. The molecule has 0 aliphatic heterocycles. The van der Waals surface area contributed by atoms with Gasteiger partial charge in [-0.25, -0.2) is 0 Å². The van der Waals surface area contributed by atoms with Gasteiger partial charge in [0.25, 0.3) is 0 Å². The molecule has 4 atom stereocenters. The van der Waals surface area contributed by atoms with Crippen LogP contribution in [0.25, 0.3) is 0 Å². The van der Waals surface area contributed by atoms with Crippen molar-refractivity contribution in [2.75, 3.05) is 6.54 Å². The minimum absolute atomic E-state index is 0.0139. The molecule has 108 valence electrons. The second-order valence-corrected chi connectivity index (χ2v) is 5.99. The van der Waals surface area contributed by atoms with E-state index in [1.807, 2.05) is 24.3 Å². The van der Waals surface area contributed by atoms with Crippen LogP contribution in [0.4, 0.5) is 0 Å². The first-order valence-electron chi connectivity index (χ1n) is 7.47.